The minimum Gasteiger partial charge on any atom is -0.337 e. The van der Waals surface area contributed by atoms with Crippen LogP contribution in [0.2, 0.25) is 10.0 Å². The van der Waals surface area contributed by atoms with Crippen molar-refractivity contribution in [2.24, 2.45) is 0 Å². The number of anilines is 1. The predicted molar refractivity (Wildman–Crippen MR) is 109 cm³/mol. The lowest BCUT2D eigenvalue weighted by Gasteiger charge is -2.22. The van der Waals surface area contributed by atoms with Gasteiger partial charge in [-0.3, -0.25) is 0 Å². The highest BCUT2D eigenvalue weighted by Gasteiger charge is 2.34. The molecule has 1 fully saturated rings. The van der Waals surface area contributed by atoms with Crippen molar-refractivity contribution in [2.45, 2.75) is 25.8 Å². The maximum atomic E-state index is 12.8. The number of halogens is 2. The maximum absolute atomic E-state index is 12.8. The van der Waals surface area contributed by atoms with E-state index < -0.39 is 0 Å². The number of urea groups is 1. The van der Waals surface area contributed by atoms with E-state index in [1.54, 1.807) is 23.1 Å². The van der Waals surface area contributed by atoms with E-state index in [2.05, 4.69) is 15.5 Å². The van der Waals surface area contributed by atoms with Crippen LogP contribution in [0.4, 0.5) is 10.5 Å². The van der Waals surface area contributed by atoms with E-state index in [1.165, 1.54) is 0 Å². The summed E-state index contributed by atoms with van der Waals surface area (Å²) in [6.45, 7) is 2.60. The molecular formula is C20H18Cl2N4O2. The molecule has 1 atom stereocenters. The minimum atomic E-state index is -0.276. The average molecular weight is 417 g/mol. The van der Waals surface area contributed by atoms with Crippen LogP contribution in [-0.4, -0.2) is 27.6 Å². The summed E-state index contributed by atoms with van der Waals surface area (Å²) in [5, 5.41) is 7.61. The summed E-state index contributed by atoms with van der Waals surface area (Å²) in [4.78, 5) is 19.0. The summed E-state index contributed by atoms with van der Waals surface area (Å²) in [7, 11) is 0. The number of hydrogen-bond acceptors (Lipinski definition) is 4. The van der Waals surface area contributed by atoms with Gasteiger partial charge >= 0.3 is 6.03 Å². The molecule has 1 N–H and O–H groups in total. The Morgan fingerprint density at radius 3 is 2.89 bits per heavy atom. The molecule has 1 aliphatic heterocycles. The van der Waals surface area contributed by atoms with E-state index in [9.17, 15) is 4.79 Å². The molecule has 3 aromatic rings. The third-order valence-corrected chi connectivity index (χ3v) is 5.53. The Labute approximate surface area is 172 Å². The van der Waals surface area contributed by atoms with Gasteiger partial charge in [-0.2, -0.15) is 4.98 Å². The van der Waals surface area contributed by atoms with E-state index in [-0.39, 0.29) is 12.1 Å². The SMILES string of the molecule is Cc1cccc(-c2noc([C@@H]3CCCN3C(=O)Nc3cccc(Cl)c3Cl)n2)c1. The summed E-state index contributed by atoms with van der Waals surface area (Å²) in [5.41, 5.74) is 2.47. The Morgan fingerprint density at radius 2 is 2.07 bits per heavy atom. The average Bonchev–Trinajstić information content (AvgIpc) is 3.34. The van der Waals surface area contributed by atoms with E-state index in [1.807, 2.05) is 31.2 Å². The van der Waals surface area contributed by atoms with Gasteiger partial charge in [0.1, 0.15) is 6.04 Å². The standard InChI is InChI=1S/C20H18Cl2N4O2/c1-12-5-2-6-13(11-12)18-24-19(28-25-18)16-9-4-10-26(16)20(27)23-15-8-3-7-14(21)17(15)22/h2-3,5-8,11,16H,4,9-10H2,1H3,(H,23,27)/t16-/m0/s1. The molecule has 1 saturated heterocycles. The second-order valence-electron chi connectivity index (χ2n) is 6.71. The van der Waals surface area contributed by atoms with Crippen molar-refractivity contribution < 1.29 is 9.32 Å². The first-order chi connectivity index (χ1) is 13.5. The van der Waals surface area contributed by atoms with Gasteiger partial charge in [-0.25, -0.2) is 4.79 Å². The molecule has 0 unspecified atom stereocenters. The number of nitrogens with zero attached hydrogens (tertiary/aromatic N) is 3. The fraction of sp³-hybridized carbons (Fsp3) is 0.250. The Morgan fingerprint density at radius 1 is 1.25 bits per heavy atom. The molecule has 2 amide bonds. The molecule has 2 heterocycles. The molecule has 1 aliphatic rings. The number of hydrogen-bond donors (Lipinski definition) is 1. The lowest BCUT2D eigenvalue weighted by atomic mass is 10.1. The van der Waals surface area contributed by atoms with Gasteiger partial charge in [-0.1, -0.05) is 58.2 Å². The zero-order valence-electron chi connectivity index (χ0n) is 15.2. The molecule has 0 aliphatic carbocycles. The highest BCUT2D eigenvalue weighted by atomic mass is 35.5. The predicted octanol–water partition coefficient (Wildman–Crippen LogP) is 5.72. The second-order valence-corrected chi connectivity index (χ2v) is 7.49. The molecular weight excluding hydrogens is 399 g/mol. The van der Waals surface area contributed by atoms with Crippen LogP contribution in [0.15, 0.2) is 47.0 Å². The van der Waals surface area contributed by atoms with Crippen LogP contribution in [0.5, 0.6) is 0 Å². The molecule has 0 radical (unpaired) electrons. The van der Waals surface area contributed by atoms with Crippen molar-refractivity contribution in [2.75, 3.05) is 11.9 Å². The fourth-order valence-electron chi connectivity index (χ4n) is 3.33. The zero-order valence-corrected chi connectivity index (χ0v) is 16.7. The van der Waals surface area contributed by atoms with Crippen LogP contribution in [0.1, 0.15) is 30.3 Å². The Kier molecular flexibility index (Phi) is 5.24. The van der Waals surface area contributed by atoms with Gasteiger partial charge in [0.05, 0.1) is 15.7 Å². The number of carbonyl (C=O) groups is 1. The molecule has 1 aromatic heterocycles. The van der Waals surface area contributed by atoms with E-state index >= 15 is 0 Å². The summed E-state index contributed by atoms with van der Waals surface area (Å²) < 4.78 is 5.49. The number of amides is 2. The van der Waals surface area contributed by atoms with Crippen molar-refractivity contribution in [3.8, 4) is 11.4 Å². The third kappa shape index (κ3) is 3.70. The van der Waals surface area contributed by atoms with Crippen molar-refractivity contribution in [1.29, 1.82) is 0 Å². The maximum Gasteiger partial charge on any atom is 0.322 e. The lowest BCUT2D eigenvalue weighted by Crippen LogP contribution is -2.34. The molecule has 0 bridgehead atoms. The first-order valence-electron chi connectivity index (χ1n) is 8.95. The van der Waals surface area contributed by atoms with Crippen LogP contribution >= 0.6 is 23.2 Å². The topological polar surface area (TPSA) is 71.3 Å². The van der Waals surface area contributed by atoms with Crippen LogP contribution in [-0.2, 0) is 0 Å². The van der Waals surface area contributed by atoms with Crippen LogP contribution in [0, 0.1) is 6.92 Å². The Balaban J connectivity index is 1.54. The van der Waals surface area contributed by atoms with Gasteiger partial charge in [-0.15, -0.1) is 0 Å². The second kappa shape index (κ2) is 7.81. The molecule has 144 valence electrons. The molecule has 0 saturated carbocycles. The highest BCUT2D eigenvalue weighted by molar-refractivity contribution is 6.43. The summed E-state index contributed by atoms with van der Waals surface area (Å²) in [5.74, 6) is 0.949. The van der Waals surface area contributed by atoms with Crippen molar-refractivity contribution >= 4 is 34.9 Å². The zero-order chi connectivity index (χ0) is 19.7. The summed E-state index contributed by atoms with van der Waals surface area (Å²) >= 11 is 12.2. The molecule has 2 aromatic carbocycles. The van der Waals surface area contributed by atoms with Crippen LogP contribution in [0.25, 0.3) is 11.4 Å². The Hall–Kier alpha value is -2.57. The number of aromatic nitrogens is 2. The van der Waals surface area contributed by atoms with Crippen LogP contribution < -0.4 is 5.32 Å². The van der Waals surface area contributed by atoms with Crippen molar-refractivity contribution in [3.63, 3.8) is 0 Å². The van der Waals surface area contributed by atoms with Gasteiger partial charge in [0.2, 0.25) is 11.7 Å². The lowest BCUT2D eigenvalue weighted by molar-refractivity contribution is 0.193. The number of likely N-dealkylation sites (tertiary alicyclic amines) is 1. The number of benzene rings is 2. The Bertz CT molecular complexity index is 1020. The quantitative estimate of drug-likeness (QED) is 0.592. The van der Waals surface area contributed by atoms with Gasteiger partial charge in [0.25, 0.3) is 0 Å². The highest BCUT2D eigenvalue weighted by Crippen LogP contribution is 2.34. The van der Waals surface area contributed by atoms with Gasteiger partial charge < -0.3 is 14.7 Å². The first-order valence-corrected chi connectivity index (χ1v) is 9.71. The number of aryl methyl sites for hydroxylation is 1. The third-order valence-electron chi connectivity index (χ3n) is 4.71. The van der Waals surface area contributed by atoms with E-state index in [4.69, 9.17) is 27.7 Å². The molecule has 0 spiro atoms. The number of rotatable bonds is 3. The fourth-order valence-corrected chi connectivity index (χ4v) is 3.67. The van der Waals surface area contributed by atoms with Gasteiger partial charge in [-0.05, 0) is 38.0 Å². The van der Waals surface area contributed by atoms with Crippen molar-refractivity contribution in [1.82, 2.24) is 15.0 Å². The molecule has 4 rings (SSSR count). The number of nitrogens with one attached hydrogen (secondary N) is 1. The summed E-state index contributed by atoms with van der Waals surface area (Å²) in [6.07, 6.45) is 1.61. The molecule has 6 nitrogen and oxygen atoms in total. The first kappa shape index (κ1) is 18.8. The smallest absolute Gasteiger partial charge is 0.322 e. The summed E-state index contributed by atoms with van der Waals surface area (Å²) in [6, 6.07) is 12.4. The van der Waals surface area contributed by atoms with E-state index in [0.717, 1.165) is 24.0 Å². The van der Waals surface area contributed by atoms with Gasteiger partial charge in [0, 0.05) is 12.1 Å². The monoisotopic (exact) mass is 416 g/mol. The molecule has 8 heteroatoms. The normalized spacial score (nSPS) is 16.4. The minimum absolute atomic E-state index is 0.274. The van der Waals surface area contributed by atoms with E-state index in [0.29, 0.717) is 34.0 Å². The van der Waals surface area contributed by atoms with Crippen molar-refractivity contribution in [3.05, 3.63) is 64.0 Å². The molecule has 28 heavy (non-hydrogen) atoms. The van der Waals surface area contributed by atoms with Gasteiger partial charge in [0.15, 0.2) is 0 Å². The number of carbonyl (C=O) groups excluding carboxylic acids is 1. The largest absolute Gasteiger partial charge is 0.337 e. The van der Waals surface area contributed by atoms with Crippen LogP contribution in [0.3, 0.4) is 0 Å².